The minimum absolute atomic E-state index is 0.137. The predicted molar refractivity (Wildman–Crippen MR) is 124 cm³/mol. The van der Waals surface area contributed by atoms with E-state index in [0.717, 1.165) is 11.8 Å². The van der Waals surface area contributed by atoms with Crippen LogP contribution in [-0.4, -0.2) is 46.4 Å². The Balaban J connectivity index is 1.62. The zero-order valence-corrected chi connectivity index (χ0v) is 20.4. The van der Waals surface area contributed by atoms with Gasteiger partial charge in [0.2, 0.25) is 15.9 Å². The first-order chi connectivity index (χ1) is 15.0. The lowest BCUT2D eigenvalue weighted by Crippen LogP contribution is -2.46. The third-order valence-corrected chi connectivity index (χ3v) is 8.77. The highest BCUT2D eigenvalue weighted by Crippen LogP contribution is 2.24. The highest BCUT2D eigenvalue weighted by atomic mass is 35.5. The predicted octanol–water partition coefficient (Wildman–Crippen LogP) is 3.16. The van der Waals surface area contributed by atoms with Crippen molar-refractivity contribution in [3.63, 3.8) is 0 Å². The lowest BCUT2D eigenvalue weighted by molar-refractivity contribution is -0.126. The quantitative estimate of drug-likeness (QED) is 0.632. The van der Waals surface area contributed by atoms with Crippen molar-refractivity contribution in [3.05, 3.63) is 64.7 Å². The Morgan fingerprint density at radius 1 is 1.09 bits per heavy atom. The SMILES string of the molecule is C[C@H](NC(=O)[C@H]1CCCN(S(=O)(=O)Cc2ccc(Cl)cc2)C1)c1ccc(S(C)(=O)=O)cc1. The average Bonchev–Trinajstić information content (AvgIpc) is 2.75. The summed E-state index contributed by atoms with van der Waals surface area (Å²) in [5, 5.41) is 3.47. The van der Waals surface area contributed by atoms with Gasteiger partial charge in [0.05, 0.1) is 22.6 Å². The molecule has 0 radical (unpaired) electrons. The Labute approximate surface area is 194 Å². The summed E-state index contributed by atoms with van der Waals surface area (Å²) in [6.07, 6.45) is 2.36. The van der Waals surface area contributed by atoms with E-state index < -0.39 is 25.8 Å². The van der Waals surface area contributed by atoms with Gasteiger partial charge in [-0.15, -0.1) is 0 Å². The molecular formula is C22H27ClN2O5S2. The van der Waals surface area contributed by atoms with E-state index in [9.17, 15) is 21.6 Å². The van der Waals surface area contributed by atoms with E-state index in [2.05, 4.69) is 5.32 Å². The van der Waals surface area contributed by atoms with Gasteiger partial charge in [-0.1, -0.05) is 35.9 Å². The Morgan fingerprint density at radius 2 is 1.72 bits per heavy atom. The Kier molecular flexibility index (Phi) is 7.65. The molecule has 1 heterocycles. The largest absolute Gasteiger partial charge is 0.349 e. The fourth-order valence-corrected chi connectivity index (χ4v) is 6.08. The molecule has 1 N–H and O–H groups in total. The molecular weight excluding hydrogens is 472 g/mol. The number of carbonyl (C=O) groups excluding carboxylic acids is 1. The van der Waals surface area contributed by atoms with E-state index in [-0.39, 0.29) is 29.1 Å². The second kappa shape index (κ2) is 9.91. The van der Waals surface area contributed by atoms with E-state index in [1.165, 1.54) is 16.4 Å². The topological polar surface area (TPSA) is 101 Å². The number of piperidine rings is 1. The van der Waals surface area contributed by atoms with E-state index in [1.54, 1.807) is 36.4 Å². The van der Waals surface area contributed by atoms with Gasteiger partial charge >= 0.3 is 0 Å². The first-order valence-electron chi connectivity index (χ1n) is 10.3. The Bertz CT molecular complexity index is 1160. The molecule has 1 aliphatic rings. The first kappa shape index (κ1) is 24.7. The highest BCUT2D eigenvalue weighted by molar-refractivity contribution is 7.90. The van der Waals surface area contributed by atoms with Crippen LogP contribution in [0.2, 0.25) is 5.02 Å². The molecule has 32 heavy (non-hydrogen) atoms. The molecule has 10 heteroatoms. The van der Waals surface area contributed by atoms with Gasteiger partial charge in [-0.3, -0.25) is 4.79 Å². The number of sulfone groups is 1. The summed E-state index contributed by atoms with van der Waals surface area (Å²) in [5.41, 5.74) is 1.42. The number of hydrogen-bond donors (Lipinski definition) is 1. The van der Waals surface area contributed by atoms with Crippen LogP contribution in [-0.2, 0) is 30.4 Å². The van der Waals surface area contributed by atoms with Crippen LogP contribution in [0.25, 0.3) is 0 Å². The summed E-state index contributed by atoms with van der Waals surface area (Å²) in [4.78, 5) is 13.0. The lowest BCUT2D eigenvalue weighted by Gasteiger charge is -2.32. The second-order valence-electron chi connectivity index (χ2n) is 8.15. The maximum Gasteiger partial charge on any atom is 0.224 e. The molecule has 1 amide bonds. The van der Waals surface area contributed by atoms with Crippen LogP contribution in [0.5, 0.6) is 0 Å². The van der Waals surface area contributed by atoms with Gasteiger partial charge in [0, 0.05) is 24.4 Å². The maximum atomic E-state index is 12.9. The molecule has 1 fully saturated rings. The maximum absolute atomic E-state index is 12.9. The summed E-state index contributed by atoms with van der Waals surface area (Å²) < 4.78 is 50.4. The number of sulfonamides is 1. The standard InChI is InChI=1S/C22H27ClN2O5S2/c1-16(18-7-11-21(12-8-18)31(2,27)28)24-22(26)19-4-3-13-25(14-19)32(29,30)15-17-5-9-20(23)10-6-17/h5-12,16,19H,3-4,13-15H2,1-2H3,(H,24,26)/t16-,19-/m0/s1. The lowest BCUT2D eigenvalue weighted by atomic mass is 9.98. The van der Waals surface area contributed by atoms with E-state index in [1.807, 2.05) is 6.92 Å². The van der Waals surface area contributed by atoms with Crippen molar-refractivity contribution >= 4 is 37.4 Å². The highest BCUT2D eigenvalue weighted by Gasteiger charge is 2.32. The number of benzene rings is 2. The van der Waals surface area contributed by atoms with Crippen LogP contribution in [0.4, 0.5) is 0 Å². The van der Waals surface area contributed by atoms with E-state index in [0.29, 0.717) is 30.0 Å². The number of halogens is 1. The van der Waals surface area contributed by atoms with Crippen LogP contribution in [0, 0.1) is 5.92 Å². The van der Waals surface area contributed by atoms with Crippen LogP contribution in [0.15, 0.2) is 53.4 Å². The molecule has 0 spiro atoms. The van der Waals surface area contributed by atoms with Crippen LogP contribution in [0.1, 0.15) is 36.9 Å². The summed E-state index contributed by atoms with van der Waals surface area (Å²) >= 11 is 5.87. The van der Waals surface area contributed by atoms with Crippen molar-refractivity contribution < 1.29 is 21.6 Å². The molecule has 0 unspecified atom stereocenters. The summed E-state index contributed by atoms with van der Waals surface area (Å²) in [5.74, 6) is -0.792. The van der Waals surface area contributed by atoms with Crippen molar-refractivity contribution in [1.82, 2.24) is 9.62 Å². The third-order valence-electron chi connectivity index (χ3n) is 5.58. The van der Waals surface area contributed by atoms with Crippen molar-refractivity contribution in [2.75, 3.05) is 19.3 Å². The van der Waals surface area contributed by atoms with Crippen molar-refractivity contribution in [3.8, 4) is 0 Å². The third kappa shape index (κ3) is 6.31. The second-order valence-corrected chi connectivity index (χ2v) is 12.6. The molecule has 0 aromatic heterocycles. The van der Waals surface area contributed by atoms with Crippen molar-refractivity contribution in [2.24, 2.45) is 5.92 Å². The van der Waals surface area contributed by atoms with Crippen molar-refractivity contribution in [1.29, 1.82) is 0 Å². The molecule has 7 nitrogen and oxygen atoms in total. The van der Waals surface area contributed by atoms with Crippen LogP contribution >= 0.6 is 11.6 Å². The average molecular weight is 499 g/mol. The fraction of sp³-hybridized carbons (Fsp3) is 0.409. The van der Waals surface area contributed by atoms with Gasteiger partial charge in [0.1, 0.15) is 0 Å². The molecule has 174 valence electrons. The zero-order valence-electron chi connectivity index (χ0n) is 18.0. The van der Waals surface area contributed by atoms with E-state index >= 15 is 0 Å². The fourth-order valence-electron chi connectivity index (χ4n) is 3.71. The molecule has 0 bridgehead atoms. The zero-order chi connectivity index (χ0) is 23.5. The summed E-state index contributed by atoms with van der Waals surface area (Å²) in [6.45, 7) is 2.34. The van der Waals surface area contributed by atoms with Crippen LogP contribution < -0.4 is 5.32 Å². The number of hydrogen-bond acceptors (Lipinski definition) is 5. The smallest absolute Gasteiger partial charge is 0.224 e. The van der Waals surface area contributed by atoms with E-state index in [4.69, 9.17) is 11.6 Å². The van der Waals surface area contributed by atoms with Gasteiger partial charge in [-0.25, -0.2) is 21.1 Å². The molecule has 1 aliphatic heterocycles. The van der Waals surface area contributed by atoms with Gasteiger partial charge < -0.3 is 5.32 Å². The monoisotopic (exact) mass is 498 g/mol. The van der Waals surface area contributed by atoms with Gasteiger partial charge in [-0.2, -0.15) is 0 Å². The Morgan fingerprint density at radius 3 is 2.31 bits per heavy atom. The summed E-state index contributed by atoms with van der Waals surface area (Å²) in [6, 6.07) is 12.7. The van der Waals surface area contributed by atoms with Gasteiger partial charge in [0.15, 0.2) is 9.84 Å². The van der Waals surface area contributed by atoms with Gasteiger partial charge in [0.25, 0.3) is 0 Å². The molecule has 2 aromatic carbocycles. The minimum atomic E-state index is -3.56. The molecule has 0 aliphatic carbocycles. The molecule has 1 saturated heterocycles. The minimum Gasteiger partial charge on any atom is -0.349 e. The molecule has 0 saturated carbocycles. The number of carbonyl (C=O) groups is 1. The number of nitrogens with one attached hydrogen (secondary N) is 1. The molecule has 3 rings (SSSR count). The first-order valence-corrected chi connectivity index (χ1v) is 14.2. The van der Waals surface area contributed by atoms with Crippen LogP contribution in [0.3, 0.4) is 0 Å². The summed E-state index contributed by atoms with van der Waals surface area (Å²) in [7, 11) is -6.85. The Hall–Kier alpha value is -1.94. The molecule has 2 aromatic rings. The number of nitrogens with zero attached hydrogens (tertiary/aromatic N) is 1. The van der Waals surface area contributed by atoms with Gasteiger partial charge in [-0.05, 0) is 55.2 Å². The number of rotatable bonds is 7. The normalized spacial score (nSPS) is 18.8. The molecule has 2 atom stereocenters. The number of amides is 1. The van der Waals surface area contributed by atoms with Crippen molar-refractivity contribution in [2.45, 2.75) is 36.5 Å².